The lowest BCUT2D eigenvalue weighted by Gasteiger charge is -2.06. The molecule has 1 aromatic carbocycles. The van der Waals surface area contributed by atoms with Gasteiger partial charge in [-0.3, -0.25) is 4.79 Å². The van der Waals surface area contributed by atoms with Crippen molar-refractivity contribution in [3.05, 3.63) is 35.4 Å². The van der Waals surface area contributed by atoms with Crippen molar-refractivity contribution in [3.8, 4) is 0 Å². The van der Waals surface area contributed by atoms with Gasteiger partial charge in [-0.1, -0.05) is 0 Å². The molecule has 0 bridgehead atoms. The molecule has 0 aliphatic heterocycles. The van der Waals surface area contributed by atoms with Crippen LogP contribution in [0.25, 0.3) is 0 Å². The number of hydrogen-bond donors (Lipinski definition) is 2. The Kier molecular flexibility index (Phi) is 5.56. The fourth-order valence-electron chi connectivity index (χ4n) is 1.40. The standard InChI is InChI=1S/C12H16F2N2O/c1-15-12(17)3-2-6-16-8-9-7-10(13)4-5-11(9)14/h4-5,7,16H,2-3,6,8H2,1H3,(H,15,17). The first-order chi connectivity index (χ1) is 8.13. The maximum atomic E-state index is 13.2. The third-order valence-corrected chi connectivity index (χ3v) is 2.36. The molecule has 94 valence electrons. The maximum Gasteiger partial charge on any atom is 0.219 e. The van der Waals surface area contributed by atoms with Gasteiger partial charge in [0, 0.05) is 25.6 Å². The number of carbonyl (C=O) groups is 1. The highest BCUT2D eigenvalue weighted by atomic mass is 19.1. The third-order valence-electron chi connectivity index (χ3n) is 2.36. The average molecular weight is 242 g/mol. The molecule has 0 radical (unpaired) electrons. The SMILES string of the molecule is CNC(=O)CCCNCc1cc(F)ccc1F. The maximum absolute atomic E-state index is 13.2. The minimum atomic E-state index is -0.450. The minimum Gasteiger partial charge on any atom is -0.359 e. The number of amides is 1. The Morgan fingerprint density at radius 2 is 2.12 bits per heavy atom. The Morgan fingerprint density at radius 3 is 2.82 bits per heavy atom. The van der Waals surface area contributed by atoms with Crippen LogP contribution in [-0.4, -0.2) is 19.5 Å². The van der Waals surface area contributed by atoms with E-state index in [0.717, 1.165) is 12.1 Å². The van der Waals surface area contributed by atoms with Gasteiger partial charge in [0.05, 0.1) is 0 Å². The molecule has 0 aliphatic rings. The number of benzene rings is 1. The van der Waals surface area contributed by atoms with Gasteiger partial charge in [0.1, 0.15) is 11.6 Å². The first kappa shape index (κ1) is 13.6. The van der Waals surface area contributed by atoms with Crippen molar-refractivity contribution in [2.45, 2.75) is 19.4 Å². The van der Waals surface area contributed by atoms with Gasteiger partial charge >= 0.3 is 0 Å². The van der Waals surface area contributed by atoms with Crippen molar-refractivity contribution in [3.63, 3.8) is 0 Å². The topological polar surface area (TPSA) is 41.1 Å². The van der Waals surface area contributed by atoms with Crippen LogP contribution in [0.3, 0.4) is 0 Å². The summed E-state index contributed by atoms with van der Waals surface area (Å²) in [4.78, 5) is 10.9. The molecule has 5 heteroatoms. The first-order valence-corrected chi connectivity index (χ1v) is 5.48. The highest BCUT2D eigenvalue weighted by molar-refractivity contribution is 5.75. The smallest absolute Gasteiger partial charge is 0.219 e. The van der Waals surface area contributed by atoms with Gasteiger partial charge < -0.3 is 10.6 Å². The summed E-state index contributed by atoms with van der Waals surface area (Å²) < 4.78 is 26.0. The molecule has 0 aromatic heterocycles. The summed E-state index contributed by atoms with van der Waals surface area (Å²) in [5.74, 6) is -0.900. The van der Waals surface area contributed by atoms with Crippen LogP contribution in [0.5, 0.6) is 0 Å². The number of halogens is 2. The van der Waals surface area contributed by atoms with E-state index in [1.165, 1.54) is 6.07 Å². The van der Waals surface area contributed by atoms with Crippen LogP contribution in [0.15, 0.2) is 18.2 Å². The van der Waals surface area contributed by atoms with E-state index in [-0.39, 0.29) is 12.5 Å². The second-order valence-corrected chi connectivity index (χ2v) is 3.69. The molecular formula is C12H16F2N2O. The van der Waals surface area contributed by atoms with Gasteiger partial charge in [-0.05, 0) is 31.2 Å². The monoisotopic (exact) mass is 242 g/mol. The zero-order valence-corrected chi connectivity index (χ0v) is 9.72. The molecule has 0 aliphatic carbocycles. The van der Waals surface area contributed by atoms with Crippen molar-refractivity contribution < 1.29 is 13.6 Å². The lowest BCUT2D eigenvalue weighted by atomic mass is 10.2. The third kappa shape index (κ3) is 4.91. The molecule has 1 aromatic rings. The number of rotatable bonds is 6. The molecule has 2 N–H and O–H groups in total. The van der Waals surface area contributed by atoms with Gasteiger partial charge in [-0.15, -0.1) is 0 Å². The fraction of sp³-hybridized carbons (Fsp3) is 0.417. The van der Waals surface area contributed by atoms with E-state index in [4.69, 9.17) is 0 Å². The normalized spacial score (nSPS) is 10.3. The summed E-state index contributed by atoms with van der Waals surface area (Å²) in [6, 6.07) is 3.36. The molecular weight excluding hydrogens is 226 g/mol. The molecule has 0 atom stereocenters. The Balaban J connectivity index is 2.26. The molecule has 0 saturated heterocycles. The molecule has 1 rings (SSSR count). The number of hydrogen-bond acceptors (Lipinski definition) is 2. The first-order valence-electron chi connectivity index (χ1n) is 5.48. The lowest BCUT2D eigenvalue weighted by molar-refractivity contribution is -0.120. The van der Waals surface area contributed by atoms with Crippen molar-refractivity contribution >= 4 is 5.91 Å². The number of nitrogens with one attached hydrogen (secondary N) is 2. The summed E-state index contributed by atoms with van der Waals surface area (Å²) in [6.45, 7) is 0.848. The molecule has 3 nitrogen and oxygen atoms in total. The Labute approximate surface area is 99.2 Å². The van der Waals surface area contributed by atoms with Crippen LogP contribution in [0, 0.1) is 11.6 Å². The van der Waals surface area contributed by atoms with Crippen molar-refractivity contribution in [1.82, 2.24) is 10.6 Å². The summed E-state index contributed by atoms with van der Waals surface area (Å²) in [5.41, 5.74) is 0.296. The molecule has 17 heavy (non-hydrogen) atoms. The van der Waals surface area contributed by atoms with E-state index in [9.17, 15) is 13.6 Å². The van der Waals surface area contributed by atoms with Gasteiger partial charge in [0.15, 0.2) is 0 Å². The van der Waals surface area contributed by atoms with Crippen molar-refractivity contribution in [2.75, 3.05) is 13.6 Å². The van der Waals surface area contributed by atoms with Crippen molar-refractivity contribution in [1.29, 1.82) is 0 Å². The summed E-state index contributed by atoms with van der Waals surface area (Å²) in [7, 11) is 1.58. The Morgan fingerprint density at radius 1 is 1.35 bits per heavy atom. The quantitative estimate of drug-likeness (QED) is 0.744. The zero-order chi connectivity index (χ0) is 12.7. The van der Waals surface area contributed by atoms with E-state index in [1.807, 2.05) is 0 Å². The van der Waals surface area contributed by atoms with Crippen molar-refractivity contribution in [2.24, 2.45) is 0 Å². The van der Waals surface area contributed by atoms with Crippen LogP contribution in [0.2, 0.25) is 0 Å². The second kappa shape index (κ2) is 6.96. The largest absolute Gasteiger partial charge is 0.359 e. The predicted octanol–water partition coefficient (Wildman–Crippen LogP) is 1.58. The number of carbonyl (C=O) groups excluding carboxylic acids is 1. The average Bonchev–Trinajstić information content (AvgIpc) is 2.32. The summed E-state index contributed by atoms with van der Waals surface area (Å²) in [5, 5.41) is 5.48. The van der Waals surface area contributed by atoms with E-state index in [2.05, 4.69) is 10.6 Å². The van der Waals surface area contributed by atoms with Crippen LogP contribution in [-0.2, 0) is 11.3 Å². The molecule has 1 amide bonds. The van der Waals surface area contributed by atoms with Crippen LogP contribution in [0.1, 0.15) is 18.4 Å². The molecule has 0 spiro atoms. The van der Waals surface area contributed by atoms with Gasteiger partial charge in [-0.25, -0.2) is 8.78 Å². The summed E-state index contributed by atoms with van der Waals surface area (Å²) >= 11 is 0. The van der Waals surface area contributed by atoms with Gasteiger partial charge in [0.25, 0.3) is 0 Å². The molecule has 0 unspecified atom stereocenters. The van der Waals surface area contributed by atoms with Gasteiger partial charge in [0.2, 0.25) is 5.91 Å². The Hall–Kier alpha value is -1.49. The highest BCUT2D eigenvalue weighted by Crippen LogP contribution is 2.09. The molecule has 0 fully saturated rings. The van der Waals surface area contributed by atoms with Crippen LogP contribution < -0.4 is 10.6 Å². The predicted molar refractivity (Wildman–Crippen MR) is 61.4 cm³/mol. The minimum absolute atomic E-state index is 0.0243. The van der Waals surface area contributed by atoms with Crippen LogP contribution in [0.4, 0.5) is 8.78 Å². The summed E-state index contributed by atoms with van der Waals surface area (Å²) in [6.07, 6.45) is 1.09. The zero-order valence-electron chi connectivity index (χ0n) is 9.72. The molecule has 0 heterocycles. The van der Waals surface area contributed by atoms with E-state index < -0.39 is 11.6 Å². The van der Waals surface area contributed by atoms with E-state index >= 15 is 0 Å². The van der Waals surface area contributed by atoms with Crippen LogP contribution >= 0.6 is 0 Å². The Bertz CT molecular complexity index is 383. The highest BCUT2D eigenvalue weighted by Gasteiger charge is 2.03. The van der Waals surface area contributed by atoms with E-state index in [1.54, 1.807) is 7.05 Å². The van der Waals surface area contributed by atoms with E-state index in [0.29, 0.717) is 24.9 Å². The fourth-order valence-corrected chi connectivity index (χ4v) is 1.40. The van der Waals surface area contributed by atoms with Gasteiger partial charge in [-0.2, -0.15) is 0 Å². The second-order valence-electron chi connectivity index (χ2n) is 3.69. The lowest BCUT2D eigenvalue weighted by Crippen LogP contribution is -2.21. The molecule has 0 saturated carbocycles.